The first-order chi connectivity index (χ1) is 7.72. The number of benzene rings is 1. The van der Waals surface area contributed by atoms with E-state index < -0.39 is 0 Å². The monoisotopic (exact) mass is 220 g/mol. The molecule has 0 saturated heterocycles. The molecule has 0 aliphatic rings. The van der Waals surface area contributed by atoms with Crippen molar-refractivity contribution in [3.8, 4) is 0 Å². The summed E-state index contributed by atoms with van der Waals surface area (Å²) in [6, 6.07) is 11.3. The van der Waals surface area contributed by atoms with E-state index in [4.69, 9.17) is 0 Å². The molecule has 1 aromatic carbocycles. The lowest BCUT2D eigenvalue weighted by Crippen LogP contribution is -2.35. The van der Waals surface area contributed by atoms with Crippen molar-refractivity contribution in [3.05, 3.63) is 35.9 Å². The maximum atomic E-state index is 3.61. The molecule has 1 N–H and O–H groups in total. The Bertz CT molecular complexity index is 269. The summed E-state index contributed by atoms with van der Waals surface area (Å²) in [6.45, 7) is 4.42. The van der Waals surface area contributed by atoms with Crippen LogP contribution in [-0.4, -0.2) is 38.1 Å². The SMILES string of the molecule is CCC(Cc1ccccc1)NCCN(C)C. The van der Waals surface area contributed by atoms with Crippen LogP contribution in [-0.2, 0) is 6.42 Å². The second-order valence-corrected chi connectivity index (χ2v) is 4.55. The van der Waals surface area contributed by atoms with Crippen molar-refractivity contribution < 1.29 is 0 Å². The van der Waals surface area contributed by atoms with Crippen LogP contribution in [0.25, 0.3) is 0 Å². The molecule has 0 amide bonds. The van der Waals surface area contributed by atoms with Crippen molar-refractivity contribution in [2.45, 2.75) is 25.8 Å². The first kappa shape index (κ1) is 13.2. The highest BCUT2D eigenvalue weighted by atomic mass is 15.1. The Balaban J connectivity index is 2.32. The smallest absolute Gasteiger partial charge is 0.0105 e. The van der Waals surface area contributed by atoms with E-state index in [1.54, 1.807) is 0 Å². The molecule has 1 unspecified atom stereocenters. The fourth-order valence-corrected chi connectivity index (χ4v) is 1.75. The molecule has 0 aliphatic heterocycles. The van der Waals surface area contributed by atoms with Gasteiger partial charge in [0.15, 0.2) is 0 Å². The Kier molecular flexibility index (Phi) is 6.12. The van der Waals surface area contributed by atoms with Gasteiger partial charge in [-0.3, -0.25) is 0 Å². The van der Waals surface area contributed by atoms with E-state index in [0.29, 0.717) is 6.04 Å². The number of rotatable bonds is 7. The lowest BCUT2D eigenvalue weighted by molar-refractivity contribution is 0.379. The molecule has 1 aromatic rings. The van der Waals surface area contributed by atoms with Crippen LogP contribution in [0.4, 0.5) is 0 Å². The summed E-state index contributed by atoms with van der Waals surface area (Å²) >= 11 is 0. The second kappa shape index (κ2) is 7.42. The van der Waals surface area contributed by atoms with Crippen molar-refractivity contribution in [2.75, 3.05) is 27.2 Å². The summed E-state index contributed by atoms with van der Waals surface area (Å²) in [5.74, 6) is 0. The molecular formula is C14H24N2. The molecule has 0 aliphatic carbocycles. The maximum absolute atomic E-state index is 3.61. The third-order valence-electron chi connectivity index (χ3n) is 2.81. The van der Waals surface area contributed by atoms with E-state index in [-0.39, 0.29) is 0 Å². The highest BCUT2D eigenvalue weighted by Gasteiger charge is 2.05. The van der Waals surface area contributed by atoms with Gasteiger partial charge in [-0.2, -0.15) is 0 Å². The van der Waals surface area contributed by atoms with Gasteiger partial charge in [0.2, 0.25) is 0 Å². The Labute approximate surface area is 99.7 Å². The Hall–Kier alpha value is -0.860. The van der Waals surface area contributed by atoms with Gasteiger partial charge in [0.25, 0.3) is 0 Å². The molecule has 0 heterocycles. The minimum Gasteiger partial charge on any atom is -0.312 e. The van der Waals surface area contributed by atoms with E-state index in [0.717, 1.165) is 19.5 Å². The highest BCUT2D eigenvalue weighted by Crippen LogP contribution is 2.05. The van der Waals surface area contributed by atoms with Gasteiger partial charge in [0, 0.05) is 19.1 Å². The van der Waals surface area contributed by atoms with E-state index in [1.807, 2.05) is 0 Å². The minimum atomic E-state index is 0.599. The minimum absolute atomic E-state index is 0.599. The van der Waals surface area contributed by atoms with Gasteiger partial charge in [-0.15, -0.1) is 0 Å². The molecular weight excluding hydrogens is 196 g/mol. The molecule has 2 nitrogen and oxygen atoms in total. The lowest BCUT2D eigenvalue weighted by Gasteiger charge is -2.18. The lowest BCUT2D eigenvalue weighted by atomic mass is 10.0. The first-order valence-electron chi connectivity index (χ1n) is 6.14. The van der Waals surface area contributed by atoms with E-state index in [2.05, 4.69) is 61.6 Å². The first-order valence-corrected chi connectivity index (χ1v) is 6.14. The molecule has 0 spiro atoms. The van der Waals surface area contributed by atoms with Gasteiger partial charge < -0.3 is 10.2 Å². The van der Waals surface area contributed by atoms with Crippen LogP contribution >= 0.6 is 0 Å². The van der Waals surface area contributed by atoms with Gasteiger partial charge in [0.05, 0.1) is 0 Å². The van der Waals surface area contributed by atoms with Gasteiger partial charge in [0.1, 0.15) is 0 Å². The number of likely N-dealkylation sites (N-methyl/N-ethyl adjacent to an activating group) is 1. The Morgan fingerprint density at radius 3 is 2.44 bits per heavy atom. The van der Waals surface area contributed by atoms with Crippen LogP contribution in [0.15, 0.2) is 30.3 Å². The fourth-order valence-electron chi connectivity index (χ4n) is 1.75. The van der Waals surface area contributed by atoms with Crippen LogP contribution in [0.1, 0.15) is 18.9 Å². The van der Waals surface area contributed by atoms with Gasteiger partial charge in [-0.1, -0.05) is 37.3 Å². The van der Waals surface area contributed by atoms with Crippen LogP contribution < -0.4 is 5.32 Å². The number of hydrogen-bond donors (Lipinski definition) is 1. The molecule has 0 bridgehead atoms. The molecule has 0 radical (unpaired) electrons. The zero-order chi connectivity index (χ0) is 11.8. The summed E-state index contributed by atoms with van der Waals surface area (Å²) in [5.41, 5.74) is 1.42. The predicted molar refractivity (Wildman–Crippen MR) is 70.8 cm³/mol. The second-order valence-electron chi connectivity index (χ2n) is 4.55. The molecule has 0 aromatic heterocycles. The number of nitrogens with zero attached hydrogens (tertiary/aromatic N) is 1. The molecule has 90 valence electrons. The summed E-state index contributed by atoms with van der Waals surface area (Å²) in [5, 5.41) is 3.61. The standard InChI is InChI=1S/C14H24N2/c1-4-14(15-10-11-16(2)3)12-13-8-6-5-7-9-13/h5-9,14-15H,4,10-12H2,1-3H3. The molecule has 0 fully saturated rings. The van der Waals surface area contributed by atoms with Crippen molar-refractivity contribution in [3.63, 3.8) is 0 Å². The van der Waals surface area contributed by atoms with E-state index in [1.165, 1.54) is 12.0 Å². The zero-order valence-electron chi connectivity index (χ0n) is 10.7. The summed E-state index contributed by atoms with van der Waals surface area (Å²) < 4.78 is 0. The maximum Gasteiger partial charge on any atom is 0.0105 e. The summed E-state index contributed by atoms with van der Waals surface area (Å²) in [6.07, 6.45) is 2.31. The third-order valence-corrected chi connectivity index (χ3v) is 2.81. The zero-order valence-corrected chi connectivity index (χ0v) is 10.7. The van der Waals surface area contributed by atoms with Crippen molar-refractivity contribution in [1.82, 2.24) is 10.2 Å². The van der Waals surface area contributed by atoms with E-state index in [9.17, 15) is 0 Å². The molecule has 1 rings (SSSR count). The third kappa shape index (κ3) is 5.29. The Morgan fingerprint density at radius 1 is 1.19 bits per heavy atom. The van der Waals surface area contributed by atoms with Crippen molar-refractivity contribution in [1.29, 1.82) is 0 Å². The highest BCUT2D eigenvalue weighted by molar-refractivity contribution is 5.15. The predicted octanol–water partition coefficient (Wildman–Crippen LogP) is 2.16. The largest absolute Gasteiger partial charge is 0.312 e. The van der Waals surface area contributed by atoms with Gasteiger partial charge in [-0.25, -0.2) is 0 Å². The molecule has 1 atom stereocenters. The molecule has 16 heavy (non-hydrogen) atoms. The topological polar surface area (TPSA) is 15.3 Å². The van der Waals surface area contributed by atoms with Crippen LogP contribution in [0, 0.1) is 0 Å². The van der Waals surface area contributed by atoms with Crippen LogP contribution in [0.2, 0.25) is 0 Å². The van der Waals surface area contributed by atoms with Gasteiger partial charge >= 0.3 is 0 Å². The average molecular weight is 220 g/mol. The number of nitrogens with one attached hydrogen (secondary N) is 1. The molecule has 0 saturated carbocycles. The summed E-state index contributed by atoms with van der Waals surface area (Å²) in [7, 11) is 4.22. The normalized spacial score (nSPS) is 13.0. The number of hydrogen-bond acceptors (Lipinski definition) is 2. The van der Waals surface area contributed by atoms with Gasteiger partial charge in [-0.05, 0) is 32.5 Å². The quantitative estimate of drug-likeness (QED) is 0.757. The molecule has 2 heteroatoms. The van der Waals surface area contributed by atoms with Crippen LogP contribution in [0.3, 0.4) is 0 Å². The average Bonchev–Trinajstić information content (AvgIpc) is 2.28. The fraction of sp³-hybridized carbons (Fsp3) is 0.571. The van der Waals surface area contributed by atoms with Crippen LogP contribution in [0.5, 0.6) is 0 Å². The Morgan fingerprint density at radius 2 is 1.88 bits per heavy atom. The van der Waals surface area contributed by atoms with Crippen molar-refractivity contribution in [2.24, 2.45) is 0 Å². The van der Waals surface area contributed by atoms with E-state index >= 15 is 0 Å². The van der Waals surface area contributed by atoms with Crippen molar-refractivity contribution >= 4 is 0 Å². The summed E-state index contributed by atoms with van der Waals surface area (Å²) in [4.78, 5) is 2.21.